The summed E-state index contributed by atoms with van der Waals surface area (Å²) in [5.41, 5.74) is 6.33. The van der Waals surface area contributed by atoms with E-state index in [1.165, 1.54) is 0 Å². The standard InChI is InChI=1S/C14H14INO2/c15-13-3-1-2-4-14(13)18-10-9-17-12-7-5-11(16)6-8-12/h1-8H,9-10,16H2. The number of para-hydroxylation sites is 1. The zero-order chi connectivity index (χ0) is 12.8. The van der Waals surface area contributed by atoms with E-state index in [1.54, 1.807) is 0 Å². The molecule has 2 aromatic carbocycles. The Kier molecular flexibility index (Phi) is 4.69. The molecule has 4 heteroatoms. The van der Waals surface area contributed by atoms with Gasteiger partial charge in [0.15, 0.2) is 0 Å². The van der Waals surface area contributed by atoms with Gasteiger partial charge < -0.3 is 15.2 Å². The van der Waals surface area contributed by atoms with Crippen molar-refractivity contribution in [3.05, 3.63) is 52.1 Å². The van der Waals surface area contributed by atoms with Crippen molar-refractivity contribution in [1.29, 1.82) is 0 Å². The smallest absolute Gasteiger partial charge is 0.132 e. The molecular formula is C14H14INO2. The monoisotopic (exact) mass is 355 g/mol. The van der Waals surface area contributed by atoms with Crippen LogP contribution in [0.15, 0.2) is 48.5 Å². The van der Waals surface area contributed by atoms with E-state index in [9.17, 15) is 0 Å². The van der Waals surface area contributed by atoms with Gasteiger partial charge in [0.2, 0.25) is 0 Å². The minimum absolute atomic E-state index is 0.509. The number of benzene rings is 2. The van der Waals surface area contributed by atoms with E-state index in [1.807, 2.05) is 48.5 Å². The topological polar surface area (TPSA) is 44.5 Å². The molecule has 0 aliphatic heterocycles. The van der Waals surface area contributed by atoms with E-state index < -0.39 is 0 Å². The first-order valence-corrected chi connectivity index (χ1v) is 6.69. The Bertz CT molecular complexity index is 499. The summed E-state index contributed by atoms with van der Waals surface area (Å²) in [7, 11) is 0. The van der Waals surface area contributed by atoms with Gasteiger partial charge in [0, 0.05) is 5.69 Å². The Labute approximate surface area is 120 Å². The third-order valence-electron chi connectivity index (χ3n) is 2.33. The van der Waals surface area contributed by atoms with Crippen LogP contribution in [0, 0.1) is 3.57 Å². The summed E-state index contributed by atoms with van der Waals surface area (Å²) in [5.74, 6) is 1.69. The van der Waals surface area contributed by atoms with Crippen molar-refractivity contribution < 1.29 is 9.47 Å². The zero-order valence-electron chi connectivity index (χ0n) is 9.80. The van der Waals surface area contributed by atoms with Gasteiger partial charge in [-0.1, -0.05) is 12.1 Å². The van der Waals surface area contributed by atoms with Gasteiger partial charge in [-0.05, 0) is 59.0 Å². The predicted molar refractivity (Wildman–Crippen MR) is 81.0 cm³/mol. The molecule has 0 fully saturated rings. The maximum Gasteiger partial charge on any atom is 0.132 e. The van der Waals surface area contributed by atoms with Crippen LogP contribution < -0.4 is 15.2 Å². The summed E-state index contributed by atoms with van der Waals surface area (Å²) in [6.45, 7) is 1.03. The number of nitrogens with two attached hydrogens (primary N) is 1. The molecule has 0 heterocycles. The van der Waals surface area contributed by atoms with E-state index in [-0.39, 0.29) is 0 Å². The van der Waals surface area contributed by atoms with Gasteiger partial charge >= 0.3 is 0 Å². The average molecular weight is 355 g/mol. The summed E-state index contributed by atoms with van der Waals surface area (Å²) >= 11 is 2.25. The van der Waals surface area contributed by atoms with Crippen LogP contribution in [-0.2, 0) is 0 Å². The second-order valence-corrected chi connectivity index (χ2v) is 4.86. The number of anilines is 1. The first-order valence-electron chi connectivity index (χ1n) is 5.61. The molecule has 94 valence electrons. The number of rotatable bonds is 5. The molecule has 0 radical (unpaired) electrons. The zero-order valence-corrected chi connectivity index (χ0v) is 12.0. The van der Waals surface area contributed by atoms with Crippen molar-refractivity contribution >= 4 is 28.3 Å². The molecule has 2 aromatic rings. The maximum absolute atomic E-state index is 5.63. The third kappa shape index (κ3) is 3.80. The van der Waals surface area contributed by atoms with Crippen molar-refractivity contribution in [2.75, 3.05) is 18.9 Å². The number of ether oxygens (including phenoxy) is 2. The van der Waals surface area contributed by atoms with Crippen molar-refractivity contribution in [3.63, 3.8) is 0 Å². The molecule has 0 saturated carbocycles. The molecule has 0 atom stereocenters. The van der Waals surface area contributed by atoms with E-state index in [2.05, 4.69) is 22.6 Å². The predicted octanol–water partition coefficient (Wildman–Crippen LogP) is 3.33. The van der Waals surface area contributed by atoms with Crippen molar-refractivity contribution in [1.82, 2.24) is 0 Å². The highest BCUT2D eigenvalue weighted by atomic mass is 127. The molecule has 3 nitrogen and oxygen atoms in total. The first-order chi connectivity index (χ1) is 8.75. The maximum atomic E-state index is 5.63. The lowest BCUT2D eigenvalue weighted by Gasteiger charge is -2.09. The Morgan fingerprint density at radius 1 is 0.889 bits per heavy atom. The Morgan fingerprint density at radius 3 is 2.28 bits per heavy atom. The fourth-order valence-corrected chi connectivity index (χ4v) is 1.98. The van der Waals surface area contributed by atoms with Crippen molar-refractivity contribution in [3.8, 4) is 11.5 Å². The number of nitrogen functional groups attached to an aromatic ring is 1. The molecular weight excluding hydrogens is 341 g/mol. The van der Waals surface area contributed by atoms with E-state index in [4.69, 9.17) is 15.2 Å². The Balaban J connectivity index is 1.76. The van der Waals surface area contributed by atoms with Crippen LogP contribution in [0.3, 0.4) is 0 Å². The van der Waals surface area contributed by atoms with Crippen LogP contribution in [-0.4, -0.2) is 13.2 Å². The normalized spacial score (nSPS) is 10.1. The first kappa shape index (κ1) is 13.0. The van der Waals surface area contributed by atoms with Gasteiger partial charge in [-0.2, -0.15) is 0 Å². The lowest BCUT2D eigenvalue weighted by atomic mass is 10.3. The minimum atomic E-state index is 0.509. The molecule has 0 aromatic heterocycles. The number of halogens is 1. The lowest BCUT2D eigenvalue weighted by molar-refractivity contribution is 0.216. The van der Waals surface area contributed by atoms with Crippen LogP contribution in [0.4, 0.5) is 5.69 Å². The number of hydrogen-bond acceptors (Lipinski definition) is 3. The van der Waals surface area contributed by atoms with Crippen LogP contribution in [0.5, 0.6) is 11.5 Å². The second-order valence-electron chi connectivity index (χ2n) is 3.70. The molecule has 0 aliphatic rings. The highest BCUT2D eigenvalue weighted by Crippen LogP contribution is 2.19. The number of hydrogen-bond donors (Lipinski definition) is 1. The highest BCUT2D eigenvalue weighted by molar-refractivity contribution is 14.1. The molecule has 0 bridgehead atoms. The van der Waals surface area contributed by atoms with Crippen molar-refractivity contribution in [2.45, 2.75) is 0 Å². The van der Waals surface area contributed by atoms with E-state index >= 15 is 0 Å². The molecule has 2 N–H and O–H groups in total. The average Bonchev–Trinajstić information content (AvgIpc) is 2.39. The Hall–Kier alpha value is -1.43. The largest absolute Gasteiger partial charge is 0.490 e. The summed E-state index contributed by atoms with van der Waals surface area (Å²) in [4.78, 5) is 0. The van der Waals surface area contributed by atoms with E-state index in [0.717, 1.165) is 20.8 Å². The fraction of sp³-hybridized carbons (Fsp3) is 0.143. The quantitative estimate of drug-likeness (QED) is 0.508. The third-order valence-corrected chi connectivity index (χ3v) is 3.22. The van der Waals surface area contributed by atoms with Crippen LogP contribution in [0.1, 0.15) is 0 Å². The highest BCUT2D eigenvalue weighted by Gasteiger charge is 1.99. The molecule has 0 unspecified atom stereocenters. The summed E-state index contributed by atoms with van der Waals surface area (Å²) in [5, 5.41) is 0. The van der Waals surface area contributed by atoms with Crippen LogP contribution in [0.25, 0.3) is 0 Å². The van der Waals surface area contributed by atoms with Gasteiger partial charge in [0.1, 0.15) is 24.7 Å². The van der Waals surface area contributed by atoms with Gasteiger partial charge in [-0.25, -0.2) is 0 Å². The second kappa shape index (κ2) is 6.49. The van der Waals surface area contributed by atoms with Crippen molar-refractivity contribution in [2.24, 2.45) is 0 Å². The molecule has 18 heavy (non-hydrogen) atoms. The summed E-state index contributed by atoms with van der Waals surface area (Å²) < 4.78 is 12.3. The lowest BCUT2D eigenvalue weighted by Crippen LogP contribution is -2.09. The van der Waals surface area contributed by atoms with E-state index in [0.29, 0.717) is 13.2 Å². The molecule has 0 saturated heterocycles. The van der Waals surface area contributed by atoms with Gasteiger partial charge in [0.05, 0.1) is 3.57 Å². The summed E-state index contributed by atoms with van der Waals surface area (Å²) in [6.07, 6.45) is 0. The van der Waals surface area contributed by atoms with Crippen LogP contribution >= 0.6 is 22.6 Å². The fourth-order valence-electron chi connectivity index (χ4n) is 1.44. The van der Waals surface area contributed by atoms with Gasteiger partial charge in [0.25, 0.3) is 0 Å². The molecule has 0 aliphatic carbocycles. The SMILES string of the molecule is Nc1ccc(OCCOc2ccccc2I)cc1. The molecule has 0 amide bonds. The molecule has 0 spiro atoms. The minimum Gasteiger partial charge on any atom is -0.490 e. The Morgan fingerprint density at radius 2 is 1.56 bits per heavy atom. The molecule has 2 rings (SSSR count). The summed E-state index contributed by atoms with van der Waals surface area (Å²) in [6, 6.07) is 15.2. The van der Waals surface area contributed by atoms with Gasteiger partial charge in [-0.3, -0.25) is 0 Å². The van der Waals surface area contributed by atoms with Crippen LogP contribution in [0.2, 0.25) is 0 Å². The van der Waals surface area contributed by atoms with Gasteiger partial charge in [-0.15, -0.1) is 0 Å².